The van der Waals surface area contributed by atoms with Crippen LogP contribution >= 0.6 is 23.4 Å². The van der Waals surface area contributed by atoms with Crippen LogP contribution in [0.2, 0.25) is 5.02 Å². The van der Waals surface area contributed by atoms with Crippen LogP contribution in [0.5, 0.6) is 0 Å². The van der Waals surface area contributed by atoms with Crippen molar-refractivity contribution in [3.8, 4) is 0 Å². The molecule has 0 unspecified atom stereocenters. The van der Waals surface area contributed by atoms with Gasteiger partial charge in [-0.2, -0.15) is 11.8 Å². The molecule has 0 saturated heterocycles. The monoisotopic (exact) mass is 466 g/mol. The van der Waals surface area contributed by atoms with Crippen molar-refractivity contribution in [3.05, 3.63) is 59.1 Å². The van der Waals surface area contributed by atoms with Crippen LogP contribution in [0.1, 0.15) is 31.2 Å². The molecule has 1 saturated carbocycles. The molecule has 0 aliphatic heterocycles. The zero-order chi connectivity index (χ0) is 21.6. The van der Waals surface area contributed by atoms with E-state index in [1.165, 1.54) is 37.8 Å². The molecule has 5 nitrogen and oxygen atoms in total. The summed E-state index contributed by atoms with van der Waals surface area (Å²) in [6, 6.07) is 13.1. The fourth-order valence-corrected chi connectivity index (χ4v) is 6.26. The summed E-state index contributed by atoms with van der Waals surface area (Å²) >= 11 is 8.11. The number of benzene rings is 2. The van der Waals surface area contributed by atoms with Gasteiger partial charge in [-0.1, -0.05) is 48.7 Å². The molecular formula is C22H27ClN2O3S2. The van der Waals surface area contributed by atoms with Crippen LogP contribution < -0.4 is 9.62 Å². The molecule has 2 aromatic carbocycles. The third-order valence-corrected chi connectivity index (χ3v) is 8.72. The van der Waals surface area contributed by atoms with E-state index >= 15 is 0 Å². The van der Waals surface area contributed by atoms with Crippen molar-refractivity contribution in [2.45, 2.75) is 42.8 Å². The van der Waals surface area contributed by atoms with Crippen molar-refractivity contribution in [2.24, 2.45) is 0 Å². The molecule has 0 atom stereocenters. The third kappa shape index (κ3) is 5.93. The van der Waals surface area contributed by atoms with E-state index < -0.39 is 10.0 Å². The number of rotatable bonds is 9. The number of amides is 1. The number of carbonyl (C=O) groups is 1. The minimum atomic E-state index is -3.91. The van der Waals surface area contributed by atoms with Gasteiger partial charge in [0.15, 0.2) is 0 Å². The van der Waals surface area contributed by atoms with Crippen molar-refractivity contribution in [1.29, 1.82) is 0 Å². The lowest BCUT2D eigenvalue weighted by Gasteiger charge is -2.24. The van der Waals surface area contributed by atoms with E-state index in [9.17, 15) is 13.2 Å². The number of nitrogens with one attached hydrogen (secondary N) is 1. The Kier molecular flexibility index (Phi) is 8.08. The van der Waals surface area contributed by atoms with Crippen LogP contribution in [-0.4, -0.2) is 38.4 Å². The number of anilines is 1. The van der Waals surface area contributed by atoms with Gasteiger partial charge in [0.2, 0.25) is 5.91 Å². The van der Waals surface area contributed by atoms with Gasteiger partial charge in [-0.25, -0.2) is 8.42 Å². The van der Waals surface area contributed by atoms with Crippen LogP contribution in [0.4, 0.5) is 5.69 Å². The summed E-state index contributed by atoms with van der Waals surface area (Å²) in [4.78, 5) is 12.7. The maximum atomic E-state index is 13.3. The molecule has 1 N–H and O–H groups in total. The Morgan fingerprint density at radius 1 is 1.17 bits per heavy atom. The predicted octanol–water partition coefficient (Wildman–Crippen LogP) is 4.64. The Morgan fingerprint density at radius 2 is 1.87 bits per heavy atom. The lowest BCUT2D eigenvalue weighted by atomic mass is 10.2. The van der Waals surface area contributed by atoms with Crippen molar-refractivity contribution < 1.29 is 13.2 Å². The van der Waals surface area contributed by atoms with Crippen molar-refractivity contribution in [1.82, 2.24) is 5.32 Å². The molecule has 0 aromatic heterocycles. The number of thioether (sulfide) groups is 1. The molecule has 0 bridgehead atoms. The topological polar surface area (TPSA) is 66.5 Å². The zero-order valence-corrected chi connectivity index (χ0v) is 19.4. The molecule has 1 amide bonds. The molecule has 1 aliphatic rings. The number of nitrogens with zero attached hydrogens (tertiary/aromatic N) is 1. The van der Waals surface area contributed by atoms with Gasteiger partial charge in [-0.3, -0.25) is 9.10 Å². The minimum Gasteiger partial charge on any atom is -0.354 e. The van der Waals surface area contributed by atoms with E-state index in [1.807, 2.05) is 18.7 Å². The SMILES string of the molecule is Cc1ccc(N(CC(=O)NCCSC2CCCC2)S(=O)(=O)c2ccccc2)cc1Cl. The molecule has 8 heteroatoms. The normalized spacial score (nSPS) is 14.6. The van der Waals surface area contributed by atoms with Crippen LogP contribution in [0.3, 0.4) is 0 Å². The van der Waals surface area contributed by atoms with Crippen LogP contribution in [0, 0.1) is 6.92 Å². The van der Waals surface area contributed by atoms with Gasteiger partial charge in [0.05, 0.1) is 10.6 Å². The Morgan fingerprint density at radius 3 is 2.53 bits per heavy atom. The van der Waals surface area contributed by atoms with Gasteiger partial charge in [-0.05, 0) is 49.6 Å². The van der Waals surface area contributed by atoms with Gasteiger partial charge in [0, 0.05) is 22.6 Å². The summed E-state index contributed by atoms with van der Waals surface area (Å²) in [7, 11) is -3.91. The van der Waals surface area contributed by atoms with Crippen LogP contribution in [0.15, 0.2) is 53.4 Å². The molecule has 1 fully saturated rings. The summed E-state index contributed by atoms with van der Waals surface area (Å²) in [5, 5.41) is 4.00. The number of halogens is 1. The summed E-state index contributed by atoms with van der Waals surface area (Å²) in [5.41, 5.74) is 1.20. The highest BCUT2D eigenvalue weighted by Crippen LogP contribution is 2.29. The second-order valence-corrected chi connectivity index (χ2v) is 11.1. The first-order valence-corrected chi connectivity index (χ1v) is 13.0. The standard InChI is InChI=1S/C22H27ClN2O3S2/c1-17-11-12-18(15-21(17)23)25(30(27,28)20-9-3-2-4-10-20)16-22(26)24-13-14-29-19-7-5-6-8-19/h2-4,9-12,15,19H,5-8,13-14,16H2,1H3,(H,24,26). The van der Waals surface area contributed by atoms with Crippen LogP contribution in [0.25, 0.3) is 0 Å². The Balaban J connectivity index is 1.72. The summed E-state index contributed by atoms with van der Waals surface area (Å²) in [6.07, 6.45) is 5.07. The van der Waals surface area contributed by atoms with E-state index in [0.29, 0.717) is 22.5 Å². The molecule has 3 rings (SSSR count). The van der Waals surface area contributed by atoms with E-state index in [2.05, 4.69) is 5.32 Å². The fraction of sp³-hybridized carbons (Fsp3) is 0.409. The second kappa shape index (κ2) is 10.6. The van der Waals surface area contributed by atoms with E-state index in [0.717, 1.165) is 15.6 Å². The van der Waals surface area contributed by atoms with Gasteiger partial charge in [0.25, 0.3) is 10.0 Å². The molecule has 2 aromatic rings. The smallest absolute Gasteiger partial charge is 0.264 e. The second-order valence-electron chi connectivity index (χ2n) is 7.39. The molecule has 1 aliphatic carbocycles. The van der Waals surface area contributed by atoms with Crippen LogP contribution in [-0.2, 0) is 14.8 Å². The van der Waals surface area contributed by atoms with Gasteiger partial charge >= 0.3 is 0 Å². The molecule has 30 heavy (non-hydrogen) atoms. The molecular weight excluding hydrogens is 440 g/mol. The average Bonchev–Trinajstić information content (AvgIpc) is 3.26. The first-order valence-electron chi connectivity index (χ1n) is 10.1. The maximum absolute atomic E-state index is 13.3. The van der Waals surface area contributed by atoms with Crippen molar-refractivity contribution in [3.63, 3.8) is 0 Å². The number of hydrogen-bond acceptors (Lipinski definition) is 4. The molecule has 0 heterocycles. The van der Waals surface area contributed by atoms with E-state index in [4.69, 9.17) is 11.6 Å². The average molecular weight is 467 g/mol. The maximum Gasteiger partial charge on any atom is 0.264 e. The molecule has 162 valence electrons. The highest BCUT2D eigenvalue weighted by atomic mass is 35.5. The Labute approximate surface area is 188 Å². The zero-order valence-electron chi connectivity index (χ0n) is 17.0. The Hall–Kier alpha value is -1.70. The first kappa shape index (κ1) is 23.0. The van der Waals surface area contributed by atoms with Crippen molar-refractivity contribution >= 4 is 45.0 Å². The molecule has 0 spiro atoms. The highest BCUT2D eigenvalue weighted by molar-refractivity contribution is 7.99. The number of carbonyl (C=O) groups excluding carboxylic acids is 1. The highest BCUT2D eigenvalue weighted by Gasteiger charge is 2.27. The Bertz CT molecular complexity index is 962. The van der Waals surface area contributed by atoms with Gasteiger partial charge in [0.1, 0.15) is 6.54 Å². The van der Waals surface area contributed by atoms with Crippen molar-refractivity contribution in [2.75, 3.05) is 23.1 Å². The van der Waals surface area contributed by atoms with Gasteiger partial charge in [-0.15, -0.1) is 0 Å². The lowest BCUT2D eigenvalue weighted by molar-refractivity contribution is -0.119. The quantitative estimate of drug-likeness (QED) is 0.547. The third-order valence-electron chi connectivity index (χ3n) is 5.14. The summed E-state index contributed by atoms with van der Waals surface area (Å²) in [5.74, 6) is 0.497. The summed E-state index contributed by atoms with van der Waals surface area (Å²) in [6.45, 7) is 2.06. The number of hydrogen-bond donors (Lipinski definition) is 1. The van der Waals surface area contributed by atoms with Gasteiger partial charge < -0.3 is 5.32 Å². The molecule has 0 radical (unpaired) electrons. The van der Waals surface area contributed by atoms with E-state index in [1.54, 1.807) is 36.4 Å². The fourth-order valence-electron chi connectivity index (χ4n) is 3.43. The summed E-state index contributed by atoms with van der Waals surface area (Å²) < 4.78 is 27.7. The lowest BCUT2D eigenvalue weighted by Crippen LogP contribution is -2.41. The number of sulfonamides is 1. The largest absolute Gasteiger partial charge is 0.354 e. The predicted molar refractivity (Wildman–Crippen MR) is 125 cm³/mol. The van der Waals surface area contributed by atoms with E-state index in [-0.39, 0.29) is 17.3 Å². The number of aryl methyl sites for hydroxylation is 1. The minimum absolute atomic E-state index is 0.131. The first-order chi connectivity index (χ1) is 14.4.